The molecule has 0 spiro atoms. The molecule has 0 fully saturated rings. The average molecular weight is 574 g/mol. The zero-order chi connectivity index (χ0) is 31.4. The third kappa shape index (κ3) is 7.90. The molecule has 0 saturated heterocycles. The molecule has 226 valence electrons. The van der Waals surface area contributed by atoms with Gasteiger partial charge in [-0.05, 0) is 101 Å². The van der Waals surface area contributed by atoms with Gasteiger partial charge in [0.1, 0.15) is 17.7 Å². The Morgan fingerprint density at radius 2 is 1.45 bits per heavy atom. The third-order valence-corrected chi connectivity index (χ3v) is 7.45. The van der Waals surface area contributed by atoms with Crippen molar-refractivity contribution in [3.8, 4) is 0 Å². The van der Waals surface area contributed by atoms with Crippen molar-refractivity contribution in [2.24, 2.45) is 5.92 Å². The fraction of sp³-hybridized carbons (Fsp3) is 0.457. The first-order valence-electron chi connectivity index (χ1n) is 14.7. The number of fused-ring (bicyclic) bond motifs is 1. The molecule has 0 saturated carbocycles. The van der Waals surface area contributed by atoms with E-state index in [1.165, 1.54) is 0 Å². The molecule has 0 bridgehead atoms. The van der Waals surface area contributed by atoms with Crippen LogP contribution in [0, 0.1) is 19.8 Å². The van der Waals surface area contributed by atoms with Crippen molar-refractivity contribution in [3.63, 3.8) is 0 Å². The fourth-order valence-corrected chi connectivity index (χ4v) is 5.23. The summed E-state index contributed by atoms with van der Waals surface area (Å²) in [6.07, 6.45) is -0.0270. The lowest BCUT2D eigenvalue weighted by molar-refractivity contribution is -0.148. The standard InChI is InChI=1S/C35H47N3O4/c1-11-22(2)29(37-33(41)42-35(8,9)10)32(40)38(34(5,6)7)30(28-23(3)15-14-16-24(28)4)31(39)36-27-20-19-25-17-12-13-18-26(25)21-27/h12-22,29-30H,11H2,1-10H3,(H,36,39)(H,37,41). The Morgan fingerprint density at radius 3 is 2.00 bits per heavy atom. The lowest BCUT2D eigenvalue weighted by Gasteiger charge is -2.44. The van der Waals surface area contributed by atoms with E-state index in [1.807, 2.05) is 109 Å². The molecule has 7 nitrogen and oxygen atoms in total. The van der Waals surface area contributed by atoms with Gasteiger partial charge >= 0.3 is 6.09 Å². The second-order valence-corrected chi connectivity index (χ2v) is 13.1. The number of benzene rings is 3. The fourth-order valence-electron chi connectivity index (χ4n) is 5.23. The van der Waals surface area contributed by atoms with Crippen LogP contribution in [0.1, 0.15) is 84.5 Å². The van der Waals surface area contributed by atoms with Gasteiger partial charge in [0, 0.05) is 11.2 Å². The molecular weight excluding hydrogens is 526 g/mol. The van der Waals surface area contributed by atoms with Crippen LogP contribution in [0.3, 0.4) is 0 Å². The molecule has 0 radical (unpaired) electrons. The molecule has 3 atom stereocenters. The highest BCUT2D eigenvalue weighted by atomic mass is 16.6. The first-order chi connectivity index (χ1) is 19.5. The van der Waals surface area contributed by atoms with Gasteiger partial charge in [-0.3, -0.25) is 9.59 Å². The molecule has 7 heteroatoms. The minimum Gasteiger partial charge on any atom is -0.444 e. The number of hydrogen-bond donors (Lipinski definition) is 2. The highest BCUT2D eigenvalue weighted by Crippen LogP contribution is 2.35. The quantitative estimate of drug-likeness (QED) is 0.289. The van der Waals surface area contributed by atoms with Gasteiger partial charge < -0.3 is 20.3 Å². The Balaban J connectivity index is 2.14. The van der Waals surface area contributed by atoms with E-state index in [9.17, 15) is 14.4 Å². The van der Waals surface area contributed by atoms with Crippen molar-refractivity contribution in [2.45, 2.75) is 98.9 Å². The molecule has 3 unspecified atom stereocenters. The van der Waals surface area contributed by atoms with Crippen LogP contribution in [-0.4, -0.2) is 40.0 Å². The minimum absolute atomic E-state index is 0.211. The summed E-state index contributed by atoms with van der Waals surface area (Å²) >= 11 is 0. The van der Waals surface area contributed by atoms with Gasteiger partial charge in [0.05, 0.1) is 0 Å². The van der Waals surface area contributed by atoms with Crippen molar-refractivity contribution >= 4 is 34.4 Å². The predicted octanol–water partition coefficient (Wildman–Crippen LogP) is 7.70. The third-order valence-electron chi connectivity index (χ3n) is 7.45. The van der Waals surface area contributed by atoms with Crippen molar-refractivity contribution in [1.82, 2.24) is 10.2 Å². The summed E-state index contributed by atoms with van der Waals surface area (Å²) in [7, 11) is 0. The van der Waals surface area contributed by atoms with Crippen LogP contribution in [0.2, 0.25) is 0 Å². The van der Waals surface area contributed by atoms with Gasteiger partial charge in [-0.25, -0.2) is 4.79 Å². The Hall–Kier alpha value is -3.87. The number of ether oxygens (including phenoxy) is 1. The van der Waals surface area contributed by atoms with Gasteiger partial charge in [-0.2, -0.15) is 0 Å². The van der Waals surface area contributed by atoms with Gasteiger partial charge in [0.15, 0.2) is 0 Å². The van der Waals surface area contributed by atoms with E-state index in [1.54, 1.807) is 25.7 Å². The smallest absolute Gasteiger partial charge is 0.408 e. The Morgan fingerprint density at radius 1 is 0.857 bits per heavy atom. The normalized spacial score (nSPS) is 14.0. The topological polar surface area (TPSA) is 87.7 Å². The summed E-state index contributed by atoms with van der Waals surface area (Å²) in [5.74, 6) is -0.882. The molecule has 0 aliphatic heterocycles. The first-order valence-corrected chi connectivity index (χ1v) is 14.7. The lowest BCUT2D eigenvalue weighted by atomic mass is 9.88. The summed E-state index contributed by atoms with van der Waals surface area (Å²) < 4.78 is 5.52. The molecule has 0 heterocycles. The Labute approximate surface area is 251 Å². The molecular formula is C35H47N3O4. The van der Waals surface area contributed by atoms with Gasteiger partial charge in [0.25, 0.3) is 5.91 Å². The van der Waals surface area contributed by atoms with Crippen molar-refractivity contribution in [1.29, 1.82) is 0 Å². The molecule has 0 aliphatic rings. The second-order valence-electron chi connectivity index (χ2n) is 13.1. The number of nitrogens with one attached hydrogen (secondary N) is 2. The zero-order valence-corrected chi connectivity index (χ0v) is 26.8. The minimum atomic E-state index is -0.961. The largest absolute Gasteiger partial charge is 0.444 e. The number of alkyl carbamates (subject to hydrolysis) is 1. The monoisotopic (exact) mass is 573 g/mol. The highest BCUT2D eigenvalue weighted by molar-refractivity contribution is 6.01. The number of anilines is 1. The zero-order valence-electron chi connectivity index (χ0n) is 26.8. The van der Waals surface area contributed by atoms with E-state index in [0.717, 1.165) is 27.5 Å². The van der Waals surface area contributed by atoms with Crippen LogP contribution >= 0.6 is 0 Å². The second kappa shape index (κ2) is 13.0. The lowest BCUT2D eigenvalue weighted by Crippen LogP contribution is -2.59. The van der Waals surface area contributed by atoms with Crippen LogP contribution in [0.15, 0.2) is 60.7 Å². The summed E-state index contributed by atoms with van der Waals surface area (Å²) in [5, 5.41) is 8.01. The first kappa shape index (κ1) is 32.6. The van der Waals surface area contributed by atoms with Gasteiger partial charge in [-0.15, -0.1) is 0 Å². The van der Waals surface area contributed by atoms with E-state index in [2.05, 4.69) is 10.6 Å². The molecule has 2 N–H and O–H groups in total. The average Bonchev–Trinajstić information content (AvgIpc) is 2.88. The van der Waals surface area contributed by atoms with Crippen molar-refractivity contribution in [3.05, 3.63) is 77.4 Å². The molecule has 3 amide bonds. The number of aryl methyl sites for hydroxylation is 2. The van der Waals surface area contributed by atoms with Crippen LogP contribution < -0.4 is 10.6 Å². The Bertz CT molecular complexity index is 1410. The molecule has 0 aliphatic carbocycles. The van der Waals surface area contributed by atoms with Crippen LogP contribution in [-0.2, 0) is 14.3 Å². The number of amides is 3. The number of nitrogens with zero attached hydrogens (tertiary/aromatic N) is 1. The summed E-state index contributed by atoms with van der Waals surface area (Å²) in [6.45, 7) is 18.9. The maximum atomic E-state index is 14.6. The number of rotatable bonds is 8. The van der Waals surface area contributed by atoms with Crippen LogP contribution in [0.25, 0.3) is 10.8 Å². The molecule has 3 aromatic rings. The van der Waals surface area contributed by atoms with Crippen LogP contribution in [0.4, 0.5) is 10.5 Å². The number of carbonyl (C=O) groups excluding carboxylic acids is 3. The number of hydrogen-bond acceptors (Lipinski definition) is 4. The van der Waals surface area contributed by atoms with Crippen molar-refractivity contribution < 1.29 is 19.1 Å². The van der Waals surface area contributed by atoms with E-state index in [4.69, 9.17) is 4.74 Å². The summed E-state index contributed by atoms with van der Waals surface area (Å²) in [4.78, 5) is 43.6. The summed E-state index contributed by atoms with van der Waals surface area (Å²) in [6, 6.07) is 17.7. The molecule has 42 heavy (non-hydrogen) atoms. The molecule has 3 aromatic carbocycles. The predicted molar refractivity (Wildman–Crippen MR) is 170 cm³/mol. The van der Waals surface area contributed by atoms with Gasteiger partial charge in [0.2, 0.25) is 5.91 Å². The van der Waals surface area contributed by atoms with E-state index in [-0.39, 0.29) is 17.7 Å². The van der Waals surface area contributed by atoms with Gasteiger partial charge in [-0.1, -0.05) is 68.8 Å². The van der Waals surface area contributed by atoms with E-state index in [0.29, 0.717) is 12.1 Å². The van der Waals surface area contributed by atoms with E-state index < -0.39 is 29.3 Å². The van der Waals surface area contributed by atoms with E-state index >= 15 is 0 Å². The Kier molecular flexibility index (Phi) is 10.1. The molecule has 3 rings (SSSR count). The van der Waals surface area contributed by atoms with Crippen LogP contribution in [0.5, 0.6) is 0 Å². The van der Waals surface area contributed by atoms with Crippen molar-refractivity contribution in [2.75, 3.05) is 5.32 Å². The molecule has 0 aromatic heterocycles. The number of carbonyl (C=O) groups is 3. The SMILES string of the molecule is CCC(C)C(NC(=O)OC(C)(C)C)C(=O)N(C(C(=O)Nc1ccc2ccccc2c1)c1c(C)cccc1C)C(C)(C)C. The summed E-state index contributed by atoms with van der Waals surface area (Å²) in [5.41, 5.74) is 1.70. The maximum absolute atomic E-state index is 14.6. The maximum Gasteiger partial charge on any atom is 0.408 e. The highest BCUT2D eigenvalue weighted by Gasteiger charge is 2.44.